The number of hydrogen-bond acceptors (Lipinski definition) is 4. The summed E-state index contributed by atoms with van der Waals surface area (Å²) in [5, 5.41) is 13.4. The Bertz CT molecular complexity index is 664. The predicted molar refractivity (Wildman–Crippen MR) is 101 cm³/mol. The Morgan fingerprint density at radius 2 is 2.12 bits per heavy atom. The van der Waals surface area contributed by atoms with Gasteiger partial charge in [0.25, 0.3) is 5.91 Å². The maximum atomic E-state index is 12.2. The number of carbonyl (C=O) groups excluding carboxylic acids is 1. The van der Waals surface area contributed by atoms with Crippen LogP contribution in [0.3, 0.4) is 0 Å². The molecule has 6 heteroatoms. The summed E-state index contributed by atoms with van der Waals surface area (Å²) < 4.78 is 1.02. The monoisotopic (exact) mass is 408 g/mol. The van der Waals surface area contributed by atoms with Crippen molar-refractivity contribution in [1.29, 1.82) is 0 Å². The molecule has 128 valence electrons. The highest BCUT2D eigenvalue weighted by Crippen LogP contribution is 2.19. The zero-order valence-corrected chi connectivity index (χ0v) is 15.9. The topological polar surface area (TPSA) is 62.2 Å². The first kappa shape index (κ1) is 19.0. The van der Waals surface area contributed by atoms with Crippen LogP contribution in [0.2, 0.25) is 0 Å². The van der Waals surface area contributed by atoms with Gasteiger partial charge in [0, 0.05) is 29.7 Å². The summed E-state index contributed by atoms with van der Waals surface area (Å²) in [7, 11) is 0. The molecule has 1 atom stereocenters. The molecule has 0 bridgehead atoms. The van der Waals surface area contributed by atoms with Crippen LogP contribution in [0.15, 0.2) is 52.1 Å². The van der Waals surface area contributed by atoms with Gasteiger partial charge in [0.05, 0.1) is 10.6 Å². The summed E-state index contributed by atoms with van der Waals surface area (Å²) in [6, 6.07) is 11.5. The molecule has 0 saturated heterocycles. The van der Waals surface area contributed by atoms with E-state index in [0.717, 1.165) is 20.8 Å². The molecule has 0 saturated carbocycles. The second-order valence-corrected chi connectivity index (χ2v) is 7.51. The Morgan fingerprint density at radius 1 is 1.33 bits per heavy atom. The van der Waals surface area contributed by atoms with E-state index < -0.39 is 0 Å². The minimum absolute atomic E-state index is 0.0198. The van der Waals surface area contributed by atoms with E-state index in [1.807, 2.05) is 30.3 Å². The van der Waals surface area contributed by atoms with Crippen molar-refractivity contribution < 1.29 is 9.90 Å². The number of benzene rings is 1. The van der Waals surface area contributed by atoms with Crippen LogP contribution in [0, 0.1) is 5.92 Å². The van der Waals surface area contributed by atoms with Crippen LogP contribution in [-0.2, 0) is 6.42 Å². The van der Waals surface area contributed by atoms with Crippen LogP contribution in [0.4, 0.5) is 0 Å². The number of aliphatic hydroxyl groups is 1. The van der Waals surface area contributed by atoms with Crippen molar-refractivity contribution in [2.75, 3.05) is 18.9 Å². The Hall–Kier alpha value is -1.37. The van der Waals surface area contributed by atoms with Crippen molar-refractivity contribution in [2.24, 2.45) is 5.92 Å². The number of carbonyl (C=O) groups is 1. The lowest BCUT2D eigenvalue weighted by atomic mass is 10.00. The number of aromatic nitrogens is 1. The number of amides is 1. The molecule has 2 rings (SSSR count). The number of nitrogens with zero attached hydrogens (tertiary/aromatic N) is 1. The lowest BCUT2D eigenvalue weighted by Crippen LogP contribution is -2.32. The van der Waals surface area contributed by atoms with Crippen molar-refractivity contribution in [1.82, 2.24) is 10.3 Å². The average Bonchev–Trinajstić information content (AvgIpc) is 2.61. The number of halogens is 1. The standard InChI is InChI=1S/C18H21BrN2O2S/c1-2-24-17-8-7-15(11-20-17)18(23)21-10-13(12-22)9-14-5-3-4-6-16(14)19/h3-8,11,13,22H,2,9-10,12H2,1H3,(H,21,23). The smallest absolute Gasteiger partial charge is 0.252 e. The number of aliphatic hydroxyl groups excluding tert-OH is 1. The Kier molecular flexibility index (Phi) is 7.75. The van der Waals surface area contributed by atoms with Gasteiger partial charge in [0.1, 0.15) is 0 Å². The van der Waals surface area contributed by atoms with Crippen LogP contribution in [0.25, 0.3) is 0 Å². The summed E-state index contributed by atoms with van der Waals surface area (Å²) in [6.45, 7) is 2.50. The minimum atomic E-state index is -0.166. The Morgan fingerprint density at radius 3 is 2.75 bits per heavy atom. The zero-order chi connectivity index (χ0) is 17.4. The van der Waals surface area contributed by atoms with Crippen LogP contribution >= 0.6 is 27.7 Å². The van der Waals surface area contributed by atoms with Gasteiger partial charge in [-0.1, -0.05) is 41.1 Å². The molecule has 0 aliphatic carbocycles. The summed E-state index contributed by atoms with van der Waals surface area (Å²) in [5.41, 5.74) is 1.65. The molecule has 0 aliphatic rings. The van der Waals surface area contributed by atoms with Gasteiger partial charge >= 0.3 is 0 Å². The fraction of sp³-hybridized carbons (Fsp3) is 0.333. The van der Waals surface area contributed by atoms with Crippen LogP contribution in [-0.4, -0.2) is 34.9 Å². The summed E-state index contributed by atoms with van der Waals surface area (Å²) in [5.74, 6) is 0.753. The van der Waals surface area contributed by atoms with E-state index in [0.29, 0.717) is 18.5 Å². The third-order valence-corrected chi connectivity index (χ3v) is 5.17. The lowest BCUT2D eigenvalue weighted by molar-refractivity contribution is 0.0939. The SMILES string of the molecule is CCSc1ccc(C(=O)NCC(CO)Cc2ccccc2Br)cn1. The van der Waals surface area contributed by atoms with Crippen molar-refractivity contribution >= 4 is 33.6 Å². The molecule has 1 amide bonds. The summed E-state index contributed by atoms with van der Waals surface area (Å²) in [4.78, 5) is 16.5. The number of nitrogens with one attached hydrogen (secondary N) is 1. The molecule has 0 aliphatic heterocycles. The van der Waals surface area contributed by atoms with E-state index in [1.54, 1.807) is 24.0 Å². The molecule has 1 aromatic carbocycles. The normalized spacial score (nSPS) is 12.0. The lowest BCUT2D eigenvalue weighted by Gasteiger charge is -2.16. The molecule has 0 spiro atoms. The van der Waals surface area contributed by atoms with E-state index >= 15 is 0 Å². The van der Waals surface area contributed by atoms with Crippen LogP contribution in [0.1, 0.15) is 22.8 Å². The highest BCUT2D eigenvalue weighted by atomic mass is 79.9. The van der Waals surface area contributed by atoms with Crippen molar-refractivity contribution in [2.45, 2.75) is 18.4 Å². The third kappa shape index (κ3) is 5.61. The molecule has 0 fully saturated rings. The molecule has 4 nitrogen and oxygen atoms in total. The molecule has 2 aromatic rings. The average molecular weight is 409 g/mol. The Balaban J connectivity index is 1.90. The minimum Gasteiger partial charge on any atom is -0.396 e. The largest absolute Gasteiger partial charge is 0.396 e. The van der Waals surface area contributed by atoms with Gasteiger partial charge < -0.3 is 10.4 Å². The molecule has 1 aromatic heterocycles. The molecular weight excluding hydrogens is 388 g/mol. The maximum Gasteiger partial charge on any atom is 0.252 e. The fourth-order valence-electron chi connectivity index (χ4n) is 2.26. The van der Waals surface area contributed by atoms with Gasteiger partial charge in [0.2, 0.25) is 0 Å². The summed E-state index contributed by atoms with van der Waals surface area (Å²) in [6.07, 6.45) is 2.29. The van der Waals surface area contributed by atoms with E-state index in [-0.39, 0.29) is 18.4 Å². The first-order valence-corrected chi connectivity index (χ1v) is 9.63. The molecule has 1 heterocycles. The van der Waals surface area contributed by atoms with Gasteiger partial charge in [0.15, 0.2) is 0 Å². The van der Waals surface area contributed by atoms with E-state index in [4.69, 9.17) is 0 Å². The maximum absolute atomic E-state index is 12.2. The van der Waals surface area contributed by atoms with Crippen LogP contribution < -0.4 is 5.32 Å². The second kappa shape index (κ2) is 9.81. The molecule has 1 unspecified atom stereocenters. The fourth-order valence-corrected chi connectivity index (χ4v) is 3.30. The highest BCUT2D eigenvalue weighted by molar-refractivity contribution is 9.10. The van der Waals surface area contributed by atoms with Gasteiger partial charge in [-0.2, -0.15) is 0 Å². The summed E-state index contributed by atoms with van der Waals surface area (Å²) >= 11 is 5.15. The van der Waals surface area contributed by atoms with Gasteiger partial charge in [-0.3, -0.25) is 4.79 Å². The van der Waals surface area contributed by atoms with Gasteiger partial charge in [-0.15, -0.1) is 11.8 Å². The van der Waals surface area contributed by atoms with Crippen molar-refractivity contribution in [3.8, 4) is 0 Å². The second-order valence-electron chi connectivity index (χ2n) is 5.37. The van der Waals surface area contributed by atoms with Crippen molar-refractivity contribution in [3.05, 3.63) is 58.2 Å². The highest BCUT2D eigenvalue weighted by Gasteiger charge is 2.13. The quantitative estimate of drug-likeness (QED) is 0.655. The van der Waals surface area contributed by atoms with E-state index in [9.17, 15) is 9.90 Å². The molecule has 2 N–H and O–H groups in total. The van der Waals surface area contributed by atoms with E-state index in [1.165, 1.54) is 0 Å². The molecule has 24 heavy (non-hydrogen) atoms. The molecular formula is C18H21BrN2O2S. The van der Waals surface area contributed by atoms with Crippen LogP contribution in [0.5, 0.6) is 0 Å². The van der Waals surface area contributed by atoms with Gasteiger partial charge in [-0.25, -0.2) is 4.98 Å². The number of pyridine rings is 1. The zero-order valence-electron chi connectivity index (χ0n) is 13.5. The number of rotatable bonds is 8. The predicted octanol–water partition coefficient (Wildman–Crippen LogP) is 3.54. The van der Waals surface area contributed by atoms with E-state index in [2.05, 4.69) is 33.2 Å². The number of thioether (sulfide) groups is 1. The molecule has 0 radical (unpaired) electrons. The van der Waals surface area contributed by atoms with Crippen molar-refractivity contribution in [3.63, 3.8) is 0 Å². The third-order valence-electron chi connectivity index (χ3n) is 3.57. The number of hydrogen-bond donors (Lipinski definition) is 2. The Labute approximate surface area is 155 Å². The first-order valence-electron chi connectivity index (χ1n) is 7.85. The first-order chi connectivity index (χ1) is 11.6. The van der Waals surface area contributed by atoms with Gasteiger partial charge in [-0.05, 0) is 35.9 Å².